The second kappa shape index (κ2) is 7.42. The van der Waals surface area contributed by atoms with E-state index in [0.717, 1.165) is 16.1 Å². The molecule has 0 saturated carbocycles. The summed E-state index contributed by atoms with van der Waals surface area (Å²) in [6, 6.07) is 12.8. The van der Waals surface area contributed by atoms with Crippen LogP contribution in [0.4, 0.5) is 10.5 Å². The number of thiophene rings is 2. The molecule has 3 aromatic rings. The molecule has 2 heterocycles. The standard InChI is InChI=1S/C18H16N2O2S2/c1-12-4-2-3-5-15(12)20-18(22)19-10-14-6-7-16(24-14)17(21)13-8-9-23-11-13/h2-9,11H,10H2,1H3,(H2,19,20,22). The van der Waals surface area contributed by atoms with Crippen LogP contribution in [0.1, 0.15) is 25.7 Å². The van der Waals surface area contributed by atoms with Crippen molar-refractivity contribution in [2.75, 3.05) is 5.32 Å². The quantitative estimate of drug-likeness (QED) is 0.653. The molecule has 6 heteroatoms. The first-order chi connectivity index (χ1) is 11.6. The Balaban J connectivity index is 1.56. The zero-order valence-electron chi connectivity index (χ0n) is 13.0. The van der Waals surface area contributed by atoms with Crippen LogP contribution >= 0.6 is 22.7 Å². The zero-order valence-corrected chi connectivity index (χ0v) is 14.7. The van der Waals surface area contributed by atoms with Gasteiger partial charge in [-0.25, -0.2) is 4.79 Å². The smallest absolute Gasteiger partial charge is 0.319 e. The van der Waals surface area contributed by atoms with Crippen molar-refractivity contribution < 1.29 is 9.59 Å². The van der Waals surface area contributed by atoms with Gasteiger partial charge in [0.2, 0.25) is 5.78 Å². The average Bonchev–Trinajstić information content (AvgIpc) is 3.26. The van der Waals surface area contributed by atoms with Crippen molar-refractivity contribution in [1.82, 2.24) is 5.32 Å². The number of anilines is 1. The molecule has 0 saturated heterocycles. The van der Waals surface area contributed by atoms with Gasteiger partial charge in [0.15, 0.2) is 0 Å². The van der Waals surface area contributed by atoms with E-state index in [2.05, 4.69) is 10.6 Å². The number of aryl methyl sites for hydroxylation is 1. The minimum atomic E-state index is -0.261. The molecule has 0 unspecified atom stereocenters. The highest BCUT2D eigenvalue weighted by molar-refractivity contribution is 7.14. The van der Waals surface area contributed by atoms with Gasteiger partial charge in [-0.2, -0.15) is 11.3 Å². The van der Waals surface area contributed by atoms with Gasteiger partial charge < -0.3 is 10.6 Å². The molecule has 4 nitrogen and oxygen atoms in total. The first kappa shape index (κ1) is 16.4. The predicted molar refractivity (Wildman–Crippen MR) is 99.1 cm³/mol. The van der Waals surface area contributed by atoms with E-state index in [0.29, 0.717) is 17.0 Å². The van der Waals surface area contributed by atoms with Crippen molar-refractivity contribution in [2.45, 2.75) is 13.5 Å². The SMILES string of the molecule is Cc1ccccc1NC(=O)NCc1ccc(C(=O)c2ccsc2)s1. The second-order valence-corrected chi connectivity index (χ2v) is 7.18. The number of rotatable bonds is 5. The molecule has 1 aromatic carbocycles. The van der Waals surface area contributed by atoms with E-state index in [1.54, 1.807) is 6.07 Å². The molecule has 0 atom stereocenters. The number of hydrogen-bond acceptors (Lipinski definition) is 4. The molecule has 24 heavy (non-hydrogen) atoms. The number of hydrogen-bond donors (Lipinski definition) is 2. The molecule has 0 radical (unpaired) electrons. The number of para-hydroxylation sites is 1. The molecule has 0 bridgehead atoms. The van der Waals surface area contributed by atoms with Gasteiger partial charge in [0.25, 0.3) is 0 Å². The molecular formula is C18H16N2O2S2. The fraction of sp³-hybridized carbons (Fsp3) is 0.111. The van der Waals surface area contributed by atoms with Gasteiger partial charge in [0.05, 0.1) is 11.4 Å². The fourth-order valence-electron chi connectivity index (χ4n) is 2.18. The lowest BCUT2D eigenvalue weighted by molar-refractivity contribution is 0.104. The summed E-state index contributed by atoms with van der Waals surface area (Å²) in [5.41, 5.74) is 2.50. The fourth-order valence-corrected chi connectivity index (χ4v) is 3.72. The van der Waals surface area contributed by atoms with Gasteiger partial charge >= 0.3 is 6.03 Å². The Morgan fingerprint density at radius 3 is 2.67 bits per heavy atom. The highest BCUT2D eigenvalue weighted by atomic mass is 32.1. The van der Waals surface area contributed by atoms with E-state index >= 15 is 0 Å². The molecular weight excluding hydrogens is 340 g/mol. The van der Waals surface area contributed by atoms with Gasteiger partial charge in [0, 0.05) is 21.5 Å². The molecule has 2 aromatic heterocycles. The Morgan fingerprint density at radius 2 is 1.92 bits per heavy atom. The summed E-state index contributed by atoms with van der Waals surface area (Å²) in [4.78, 5) is 25.9. The van der Waals surface area contributed by atoms with Crippen molar-refractivity contribution in [3.63, 3.8) is 0 Å². The number of amides is 2. The Kier molecular flexibility index (Phi) is 5.08. The van der Waals surface area contributed by atoms with Crippen molar-refractivity contribution in [3.8, 4) is 0 Å². The summed E-state index contributed by atoms with van der Waals surface area (Å²) in [5, 5.41) is 9.37. The Labute approximate surface area is 148 Å². The third kappa shape index (κ3) is 3.90. The predicted octanol–water partition coefficient (Wildman–Crippen LogP) is 4.67. The van der Waals surface area contributed by atoms with Gasteiger partial charge in [-0.3, -0.25) is 4.79 Å². The first-order valence-corrected chi connectivity index (χ1v) is 9.15. The van der Waals surface area contributed by atoms with E-state index in [9.17, 15) is 9.59 Å². The van der Waals surface area contributed by atoms with Crippen LogP contribution in [0.15, 0.2) is 53.2 Å². The molecule has 0 aliphatic rings. The minimum absolute atomic E-state index is 0.0249. The number of urea groups is 1. The van der Waals surface area contributed by atoms with Crippen LogP contribution < -0.4 is 10.6 Å². The second-order valence-electron chi connectivity index (χ2n) is 5.23. The minimum Gasteiger partial charge on any atom is -0.333 e. The van der Waals surface area contributed by atoms with Gasteiger partial charge in [-0.15, -0.1) is 11.3 Å². The van der Waals surface area contributed by atoms with Crippen LogP contribution in [0.5, 0.6) is 0 Å². The summed E-state index contributed by atoms with van der Waals surface area (Å²) in [5.74, 6) is 0.0249. The molecule has 0 aliphatic heterocycles. The molecule has 122 valence electrons. The van der Waals surface area contributed by atoms with E-state index in [-0.39, 0.29) is 11.8 Å². The number of benzene rings is 1. The van der Waals surface area contributed by atoms with E-state index in [1.807, 2.05) is 54.1 Å². The molecule has 0 aliphatic carbocycles. The maximum atomic E-state index is 12.3. The topological polar surface area (TPSA) is 58.2 Å². The lowest BCUT2D eigenvalue weighted by Crippen LogP contribution is -2.28. The Bertz CT molecular complexity index is 854. The lowest BCUT2D eigenvalue weighted by Gasteiger charge is -2.08. The maximum Gasteiger partial charge on any atom is 0.319 e. The third-order valence-electron chi connectivity index (χ3n) is 3.49. The lowest BCUT2D eigenvalue weighted by atomic mass is 10.2. The largest absolute Gasteiger partial charge is 0.333 e. The van der Waals surface area contributed by atoms with Gasteiger partial charge in [-0.1, -0.05) is 18.2 Å². The molecule has 3 rings (SSSR count). The molecule has 0 fully saturated rings. The molecule has 0 spiro atoms. The maximum absolute atomic E-state index is 12.3. The van der Waals surface area contributed by atoms with Gasteiger partial charge in [-0.05, 0) is 42.1 Å². The first-order valence-electron chi connectivity index (χ1n) is 7.39. The number of nitrogens with one attached hydrogen (secondary N) is 2. The van der Waals surface area contributed by atoms with Crippen LogP contribution in [-0.2, 0) is 6.54 Å². The van der Waals surface area contributed by atoms with Crippen molar-refractivity contribution in [2.24, 2.45) is 0 Å². The average molecular weight is 356 g/mol. The monoisotopic (exact) mass is 356 g/mol. The Morgan fingerprint density at radius 1 is 1.08 bits per heavy atom. The third-order valence-corrected chi connectivity index (χ3v) is 5.25. The van der Waals surface area contributed by atoms with E-state index in [4.69, 9.17) is 0 Å². The number of ketones is 1. The van der Waals surface area contributed by atoms with E-state index in [1.165, 1.54) is 22.7 Å². The van der Waals surface area contributed by atoms with Crippen molar-refractivity contribution >= 4 is 40.2 Å². The Hall–Kier alpha value is -2.44. The molecule has 2 N–H and O–H groups in total. The van der Waals surface area contributed by atoms with Crippen LogP contribution in [0, 0.1) is 6.92 Å². The normalized spacial score (nSPS) is 10.4. The van der Waals surface area contributed by atoms with Crippen LogP contribution in [0.2, 0.25) is 0 Å². The van der Waals surface area contributed by atoms with Crippen molar-refractivity contribution in [3.05, 3.63) is 74.1 Å². The molecule has 2 amide bonds. The number of carbonyl (C=O) groups excluding carboxylic acids is 2. The summed E-state index contributed by atoms with van der Waals surface area (Å²) >= 11 is 2.91. The summed E-state index contributed by atoms with van der Waals surface area (Å²) in [7, 11) is 0. The highest BCUT2D eigenvalue weighted by Crippen LogP contribution is 2.21. The van der Waals surface area contributed by atoms with Crippen LogP contribution in [0.25, 0.3) is 0 Å². The van der Waals surface area contributed by atoms with Gasteiger partial charge in [0.1, 0.15) is 0 Å². The summed E-state index contributed by atoms with van der Waals surface area (Å²) < 4.78 is 0. The summed E-state index contributed by atoms with van der Waals surface area (Å²) in [6.45, 7) is 2.33. The summed E-state index contributed by atoms with van der Waals surface area (Å²) in [6.07, 6.45) is 0. The number of carbonyl (C=O) groups is 2. The van der Waals surface area contributed by atoms with Crippen LogP contribution in [0.3, 0.4) is 0 Å². The van der Waals surface area contributed by atoms with E-state index < -0.39 is 0 Å². The van der Waals surface area contributed by atoms with Crippen LogP contribution in [-0.4, -0.2) is 11.8 Å². The highest BCUT2D eigenvalue weighted by Gasteiger charge is 2.12. The van der Waals surface area contributed by atoms with Crippen molar-refractivity contribution in [1.29, 1.82) is 0 Å². The zero-order chi connectivity index (χ0) is 16.9.